The second-order valence-corrected chi connectivity index (χ2v) is 6.92. The van der Waals surface area contributed by atoms with E-state index in [1.807, 2.05) is 29.1 Å². The lowest BCUT2D eigenvalue weighted by Crippen LogP contribution is -2.49. The fourth-order valence-corrected chi connectivity index (χ4v) is 3.48. The number of nitrogens with one attached hydrogen (secondary N) is 1. The lowest BCUT2D eigenvalue weighted by Gasteiger charge is -2.38. The van der Waals surface area contributed by atoms with Crippen molar-refractivity contribution in [3.63, 3.8) is 0 Å². The van der Waals surface area contributed by atoms with Crippen molar-refractivity contribution < 1.29 is 9.90 Å². The summed E-state index contributed by atoms with van der Waals surface area (Å²) < 4.78 is 1.94. The van der Waals surface area contributed by atoms with Gasteiger partial charge in [-0.25, -0.2) is 0 Å². The molecule has 2 N–H and O–H groups in total. The number of nitrogens with zero attached hydrogens (tertiary/aromatic N) is 3. The summed E-state index contributed by atoms with van der Waals surface area (Å²) in [7, 11) is 1.60. The van der Waals surface area contributed by atoms with Crippen LogP contribution in [-0.2, 0) is 17.9 Å². The van der Waals surface area contributed by atoms with E-state index in [0.29, 0.717) is 13.0 Å². The van der Waals surface area contributed by atoms with Crippen molar-refractivity contribution in [2.75, 3.05) is 20.1 Å². The molecule has 3 rings (SSSR count). The van der Waals surface area contributed by atoms with Crippen molar-refractivity contribution in [1.29, 1.82) is 0 Å². The average Bonchev–Trinajstić information content (AvgIpc) is 3.02. The van der Waals surface area contributed by atoms with Crippen LogP contribution in [0, 0.1) is 0 Å². The van der Waals surface area contributed by atoms with E-state index in [1.165, 1.54) is 5.56 Å². The normalized spacial score (nSPS) is 21.2. The summed E-state index contributed by atoms with van der Waals surface area (Å²) in [6, 6.07) is 10.2. The van der Waals surface area contributed by atoms with Crippen LogP contribution in [0.25, 0.3) is 0 Å². The van der Waals surface area contributed by atoms with Crippen molar-refractivity contribution in [1.82, 2.24) is 20.0 Å². The molecule has 1 aromatic carbocycles. The number of hydrogen-bond donors (Lipinski definition) is 2. The van der Waals surface area contributed by atoms with Gasteiger partial charge in [-0.1, -0.05) is 30.3 Å². The van der Waals surface area contributed by atoms with Gasteiger partial charge >= 0.3 is 0 Å². The highest BCUT2D eigenvalue weighted by molar-refractivity contribution is 5.76. The minimum Gasteiger partial charge on any atom is -0.388 e. The maximum atomic E-state index is 11.6. The van der Waals surface area contributed by atoms with Gasteiger partial charge in [0.25, 0.3) is 0 Å². The van der Waals surface area contributed by atoms with Gasteiger partial charge in [0, 0.05) is 31.9 Å². The van der Waals surface area contributed by atoms with Gasteiger partial charge < -0.3 is 10.4 Å². The van der Waals surface area contributed by atoms with Crippen LogP contribution in [0.1, 0.15) is 30.4 Å². The second-order valence-electron chi connectivity index (χ2n) is 6.92. The standard InChI is InChI=1S/C19H26N4O2/c1-20-18(24)10-19(25)8-5-9-22(15-19)12-17-11-21-23(14-17)13-16-6-3-2-4-7-16/h2-4,6-7,11,14,25H,5,8-10,12-13,15H2,1H3,(H,20,24). The molecule has 0 bridgehead atoms. The fraction of sp³-hybridized carbons (Fsp3) is 0.474. The zero-order valence-corrected chi connectivity index (χ0v) is 14.7. The Kier molecular flexibility index (Phi) is 5.50. The van der Waals surface area contributed by atoms with E-state index in [2.05, 4.69) is 33.6 Å². The van der Waals surface area contributed by atoms with Crippen molar-refractivity contribution in [2.24, 2.45) is 0 Å². The predicted molar refractivity (Wildman–Crippen MR) is 95.9 cm³/mol. The number of β-amino-alcohol motifs (C(OH)–C–C–N with tert-alkyl or cyclic N) is 1. The highest BCUT2D eigenvalue weighted by Gasteiger charge is 2.35. The van der Waals surface area contributed by atoms with Gasteiger partial charge in [0.15, 0.2) is 0 Å². The zero-order valence-electron chi connectivity index (χ0n) is 14.7. The zero-order chi connectivity index (χ0) is 17.7. The van der Waals surface area contributed by atoms with Crippen LogP contribution in [0.3, 0.4) is 0 Å². The number of amides is 1. The second kappa shape index (κ2) is 7.80. The van der Waals surface area contributed by atoms with E-state index in [9.17, 15) is 9.90 Å². The maximum absolute atomic E-state index is 11.6. The molecule has 0 radical (unpaired) electrons. The first kappa shape index (κ1) is 17.6. The van der Waals surface area contributed by atoms with E-state index < -0.39 is 5.60 Å². The molecule has 2 heterocycles. The molecule has 6 nitrogen and oxygen atoms in total. The Labute approximate surface area is 148 Å². The first-order valence-electron chi connectivity index (χ1n) is 8.77. The quantitative estimate of drug-likeness (QED) is 0.832. The van der Waals surface area contributed by atoms with Gasteiger partial charge in [0.05, 0.1) is 24.8 Å². The SMILES string of the molecule is CNC(=O)CC1(O)CCCN(Cc2cnn(Cc3ccccc3)c2)C1. The third kappa shape index (κ3) is 4.90. The molecule has 1 aromatic heterocycles. The van der Waals surface area contributed by atoms with Crippen molar-refractivity contribution in [3.05, 3.63) is 53.9 Å². The molecule has 1 aliphatic rings. The number of aromatic nitrogens is 2. The van der Waals surface area contributed by atoms with Gasteiger partial charge in [-0.3, -0.25) is 14.4 Å². The minimum absolute atomic E-state index is 0.111. The number of hydrogen-bond acceptors (Lipinski definition) is 4. The van der Waals surface area contributed by atoms with Crippen molar-refractivity contribution >= 4 is 5.91 Å². The minimum atomic E-state index is -0.932. The molecule has 25 heavy (non-hydrogen) atoms. The smallest absolute Gasteiger partial charge is 0.222 e. The molecule has 0 aliphatic carbocycles. The summed E-state index contributed by atoms with van der Waals surface area (Å²) >= 11 is 0. The van der Waals surface area contributed by atoms with E-state index >= 15 is 0 Å². The Balaban J connectivity index is 1.58. The van der Waals surface area contributed by atoms with Gasteiger partial charge in [0.2, 0.25) is 5.91 Å². The molecular formula is C19H26N4O2. The predicted octanol–water partition coefficient (Wildman–Crippen LogP) is 1.39. The molecule has 1 amide bonds. The number of carbonyl (C=O) groups excluding carboxylic acids is 1. The van der Waals surface area contributed by atoms with E-state index in [4.69, 9.17) is 0 Å². The highest BCUT2D eigenvalue weighted by Crippen LogP contribution is 2.25. The van der Waals surface area contributed by atoms with Crippen LogP contribution in [-0.4, -0.2) is 51.4 Å². The summed E-state index contributed by atoms with van der Waals surface area (Å²) in [5, 5.41) is 17.7. The Hall–Kier alpha value is -2.18. The molecule has 1 unspecified atom stereocenters. The Bertz CT molecular complexity index is 700. The Morgan fingerprint density at radius 2 is 2.08 bits per heavy atom. The van der Waals surface area contributed by atoms with E-state index in [1.54, 1.807) is 7.05 Å². The number of piperidine rings is 1. The molecule has 0 saturated carbocycles. The summed E-state index contributed by atoms with van der Waals surface area (Å²) in [6.45, 7) is 2.94. The number of carbonyl (C=O) groups is 1. The van der Waals surface area contributed by atoms with Crippen molar-refractivity contribution in [2.45, 2.75) is 38.0 Å². The molecule has 1 aliphatic heterocycles. The average molecular weight is 342 g/mol. The van der Waals surface area contributed by atoms with Gasteiger partial charge in [-0.2, -0.15) is 5.10 Å². The van der Waals surface area contributed by atoms with Gasteiger partial charge in [-0.05, 0) is 24.9 Å². The summed E-state index contributed by atoms with van der Waals surface area (Å²) in [5.41, 5.74) is 1.41. The third-order valence-electron chi connectivity index (χ3n) is 4.68. The summed E-state index contributed by atoms with van der Waals surface area (Å²) in [6.07, 6.45) is 5.66. The molecule has 6 heteroatoms. The lowest BCUT2D eigenvalue weighted by molar-refractivity contribution is -0.128. The van der Waals surface area contributed by atoms with Crippen LogP contribution in [0.15, 0.2) is 42.7 Å². The lowest BCUT2D eigenvalue weighted by atomic mass is 9.89. The monoisotopic (exact) mass is 342 g/mol. The molecular weight excluding hydrogens is 316 g/mol. The first-order valence-corrected chi connectivity index (χ1v) is 8.77. The number of aliphatic hydroxyl groups is 1. The van der Waals surface area contributed by atoms with Crippen LogP contribution in [0.4, 0.5) is 0 Å². The molecule has 0 spiro atoms. The molecule has 2 aromatic rings. The number of rotatable bonds is 6. The topological polar surface area (TPSA) is 70.4 Å². The molecule has 1 saturated heterocycles. The Morgan fingerprint density at radius 3 is 2.84 bits per heavy atom. The first-order chi connectivity index (χ1) is 12.1. The Morgan fingerprint density at radius 1 is 1.28 bits per heavy atom. The number of benzene rings is 1. The van der Waals surface area contributed by atoms with E-state index in [-0.39, 0.29) is 12.3 Å². The largest absolute Gasteiger partial charge is 0.388 e. The van der Waals surface area contributed by atoms with Crippen molar-refractivity contribution in [3.8, 4) is 0 Å². The highest BCUT2D eigenvalue weighted by atomic mass is 16.3. The summed E-state index contributed by atoms with van der Waals surface area (Å²) in [5.74, 6) is -0.111. The fourth-order valence-electron chi connectivity index (χ4n) is 3.48. The molecule has 1 fully saturated rings. The van der Waals surface area contributed by atoms with Crippen LogP contribution >= 0.6 is 0 Å². The van der Waals surface area contributed by atoms with Gasteiger partial charge in [-0.15, -0.1) is 0 Å². The van der Waals surface area contributed by atoms with E-state index in [0.717, 1.165) is 31.6 Å². The van der Waals surface area contributed by atoms with Gasteiger partial charge in [0.1, 0.15) is 0 Å². The number of likely N-dealkylation sites (tertiary alicyclic amines) is 1. The van der Waals surface area contributed by atoms with Crippen LogP contribution < -0.4 is 5.32 Å². The van der Waals surface area contributed by atoms with Crippen LogP contribution in [0.2, 0.25) is 0 Å². The molecule has 134 valence electrons. The van der Waals surface area contributed by atoms with Crippen LogP contribution in [0.5, 0.6) is 0 Å². The summed E-state index contributed by atoms with van der Waals surface area (Å²) in [4.78, 5) is 13.8. The molecule has 1 atom stereocenters. The maximum Gasteiger partial charge on any atom is 0.222 e. The third-order valence-corrected chi connectivity index (χ3v) is 4.68.